The zero-order valence-corrected chi connectivity index (χ0v) is 20.2. The van der Waals surface area contributed by atoms with Crippen LogP contribution in [0.5, 0.6) is 0 Å². The summed E-state index contributed by atoms with van der Waals surface area (Å²) >= 11 is 1.60. The Morgan fingerprint density at radius 3 is 2.65 bits per heavy atom. The number of aromatic amines is 1. The van der Waals surface area contributed by atoms with Crippen LogP contribution in [0, 0.1) is 13.8 Å². The quantitative estimate of drug-likeness (QED) is 0.239. The number of ketones is 1. The van der Waals surface area contributed by atoms with Gasteiger partial charge in [-0.15, -0.1) is 11.3 Å². The van der Waals surface area contributed by atoms with E-state index < -0.39 is 0 Å². The number of carbonyl (C=O) groups excluding carboxylic acids is 2. The summed E-state index contributed by atoms with van der Waals surface area (Å²) in [6.45, 7) is 5.84. The number of benzene rings is 2. The van der Waals surface area contributed by atoms with Gasteiger partial charge in [0.25, 0.3) is 5.91 Å². The summed E-state index contributed by atoms with van der Waals surface area (Å²) in [5, 5.41) is 5.96. The first-order valence-corrected chi connectivity index (χ1v) is 12.3. The molecule has 34 heavy (non-hydrogen) atoms. The number of aromatic nitrogens is 2. The number of anilines is 1. The summed E-state index contributed by atoms with van der Waals surface area (Å²) in [6.07, 6.45) is 3.17. The summed E-state index contributed by atoms with van der Waals surface area (Å²) in [4.78, 5) is 33.5. The fourth-order valence-corrected chi connectivity index (χ4v) is 5.28. The van der Waals surface area contributed by atoms with E-state index in [-0.39, 0.29) is 11.7 Å². The van der Waals surface area contributed by atoms with Gasteiger partial charge in [-0.3, -0.25) is 9.59 Å². The van der Waals surface area contributed by atoms with Crippen molar-refractivity contribution in [1.82, 2.24) is 9.97 Å². The van der Waals surface area contributed by atoms with E-state index in [0.29, 0.717) is 12.0 Å². The second kappa shape index (κ2) is 8.88. The summed E-state index contributed by atoms with van der Waals surface area (Å²) < 4.78 is 0. The maximum absolute atomic E-state index is 12.8. The van der Waals surface area contributed by atoms with Crippen LogP contribution in [0.3, 0.4) is 0 Å². The van der Waals surface area contributed by atoms with Crippen LogP contribution in [-0.4, -0.2) is 21.7 Å². The number of Topliss-reactive ketones (excluding diaryl/α,β-unsaturated/α-hetero) is 1. The van der Waals surface area contributed by atoms with Crippen molar-refractivity contribution in [2.45, 2.75) is 33.6 Å². The minimum Gasteiger partial charge on any atom is -0.358 e. The molecule has 0 spiro atoms. The van der Waals surface area contributed by atoms with E-state index in [4.69, 9.17) is 4.98 Å². The second-order valence-corrected chi connectivity index (χ2v) is 9.37. The van der Waals surface area contributed by atoms with Crippen LogP contribution in [0.25, 0.3) is 33.5 Å². The van der Waals surface area contributed by atoms with Gasteiger partial charge < -0.3 is 10.3 Å². The molecule has 5 rings (SSSR count). The van der Waals surface area contributed by atoms with Crippen LogP contribution in [0.1, 0.15) is 52.6 Å². The van der Waals surface area contributed by atoms with Crippen LogP contribution in [0.4, 0.5) is 5.69 Å². The average molecular weight is 468 g/mol. The van der Waals surface area contributed by atoms with Gasteiger partial charge in [-0.1, -0.05) is 43.3 Å². The Kier molecular flexibility index (Phi) is 5.75. The van der Waals surface area contributed by atoms with Crippen LogP contribution < -0.4 is 5.32 Å². The molecule has 0 saturated carbocycles. The van der Waals surface area contributed by atoms with Gasteiger partial charge in [0, 0.05) is 51.1 Å². The Morgan fingerprint density at radius 1 is 1.09 bits per heavy atom. The molecule has 170 valence electrons. The molecule has 0 aliphatic carbocycles. The smallest absolute Gasteiger partial charge is 0.256 e. The van der Waals surface area contributed by atoms with Crippen molar-refractivity contribution in [2.75, 3.05) is 5.32 Å². The number of nitrogens with zero attached hydrogens (tertiary/aromatic N) is 1. The number of hydrogen-bond donors (Lipinski definition) is 2. The van der Waals surface area contributed by atoms with Gasteiger partial charge in [-0.2, -0.15) is 0 Å². The van der Waals surface area contributed by atoms with Gasteiger partial charge in [-0.05, 0) is 44.0 Å². The molecule has 3 heterocycles. The Bertz CT molecular complexity index is 1440. The molecule has 0 atom stereocenters. The minimum absolute atomic E-state index is 0.134. The van der Waals surface area contributed by atoms with E-state index >= 15 is 0 Å². The number of thiazole rings is 1. The molecule has 0 fully saturated rings. The lowest BCUT2D eigenvalue weighted by molar-refractivity contribution is -0.110. The van der Waals surface area contributed by atoms with Gasteiger partial charge in [0.1, 0.15) is 5.01 Å². The van der Waals surface area contributed by atoms with Crippen molar-refractivity contribution >= 4 is 40.4 Å². The fraction of sp³-hybridized carbons (Fsp3) is 0.179. The Balaban J connectivity index is 1.52. The van der Waals surface area contributed by atoms with Gasteiger partial charge in [-0.25, -0.2) is 4.98 Å². The van der Waals surface area contributed by atoms with E-state index in [2.05, 4.69) is 22.4 Å². The van der Waals surface area contributed by atoms with Crippen LogP contribution >= 0.6 is 11.3 Å². The summed E-state index contributed by atoms with van der Waals surface area (Å²) in [6, 6.07) is 16.0. The first-order valence-electron chi connectivity index (χ1n) is 11.4. The molecule has 1 aliphatic heterocycles. The Hall–Kier alpha value is -3.77. The number of aryl methyl sites for hydroxylation is 1. The maximum atomic E-state index is 12.8. The highest BCUT2D eigenvalue weighted by molar-refractivity contribution is 7.13. The Labute approximate surface area is 202 Å². The molecule has 0 saturated heterocycles. The van der Waals surface area contributed by atoms with Gasteiger partial charge >= 0.3 is 0 Å². The lowest BCUT2D eigenvalue weighted by Gasteiger charge is -2.03. The lowest BCUT2D eigenvalue weighted by atomic mass is 9.99. The first-order chi connectivity index (χ1) is 16.5. The highest BCUT2D eigenvalue weighted by Gasteiger charge is 2.26. The second-order valence-electron chi connectivity index (χ2n) is 8.51. The van der Waals surface area contributed by atoms with Crippen molar-refractivity contribution < 1.29 is 9.59 Å². The summed E-state index contributed by atoms with van der Waals surface area (Å²) in [7, 11) is 0. The van der Waals surface area contributed by atoms with E-state index in [1.807, 2.05) is 68.6 Å². The highest BCUT2D eigenvalue weighted by Crippen LogP contribution is 2.38. The standard InChI is InChI=1S/C28H25N3O2S/c1-4-8-25(32)26-16(2)23(29-17(26)3)14-21-20-13-19(11-12-22(20)30-27(21)33)24-15-34-28(31-24)18-9-6-5-7-10-18/h5-7,9-15,29H,4,8H2,1-3H3,(H,30,33)/b21-14-. The van der Waals surface area contributed by atoms with Crippen molar-refractivity contribution in [3.05, 3.63) is 82.0 Å². The number of amides is 1. The van der Waals surface area contributed by atoms with Crippen molar-refractivity contribution in [3.8, 4) is 21.8 Å². The topological polar surface area (TPSA) is 74.8 Å². The van der Waals surface area contributed by atoms with Crippen LogP contribution in [-0.2, 0) is 4.79 Å². The molecular weight excluding hydrogens is 442 g/mol. The lowest BCUT2D eigenvalue weighted by Crippen LogP contribution is -2.03. The third kappa shape index (κ3) is 3.90. The molecule has 2 N–H and O–H groups in total. The summed E-state index contributed by atoms with van der Waals surface area (Å²) in [5.74, 6) is -0.0156. The molecule has 0 bridgehead atoms. The van der Waals surface area contributed by atoms with Gasteiger partial charge in [0.2, 0.25) is 0 Å². The molecule has 1 aliphatic rings. The zero-order valence-electron chi connectivity index (χ0n) is 19.4. The fourth-order valence-electron chi connectivity index (χ4n) is 4.44. The molecule has 2 aromatic heterocycles. The van der Waals surface area contributed by atoms with Crippen LogP contribution in [0.15, 0.2) is 53.9 Å². The molecule has 6 heteroatoms. The van der Waals surface area contributed by atoms with Crippen LogP contribution in [0.2, 0.25) is 0 Å². The molecule has 1 amide bonds. The Morgan fingerprint density at radius 2 is 1.88 bits per heavy atom. The number of H-pyrrole nitrogens is 1. The van der Waals surface area contributed by atoms with Crippen molar-refractivity contribution in [2.24, 2.45) is 0 Å². The molecule has 0 radical (unpaired) electrons. The third-order valence-corrected chi connectivity index (χ3v) is 7.04. The molecule has 4 aromatic rings. The highest BCUT2D eigenvalue weighted by atomic mass is 32.1. The molecular formula is C28H25N3O2S. The normalized spacial score (nSPS) is 13.9. The van der Waals surface area contributed by atoms with E-state index in [1.165, 1.54) is 0 Å². The largest absolute Gasteiger partial charge is 0.358 e. The van der Waals surface area contributed by atoms with E-state index in [0.717, 1.165) is 62.0 Å². The summed E-state index contributed by atoms with van der Waals surface area (Å²) in [5.41, 5.74) is 8.36. The number of hydrogen-bond acceptors (Lipinski definition) is 4. The monoisotopic (exact) mass is 467 g/mol. The number of rotatable bonds is 6. The predicted molar refractivity (Wildman–Crippen MR) is 139 cm³/mol. The molecule has 0 unspecified atom stereocenters. The SMILES string of the molecule is CCCC(=O)c1c(C)[nH]c(/C=C2\C(=O)Nc3ccc(-c4csc(-c5ccccc5)n4)cc32)c1C. The average Bonchev–Trinajstić information content (AvgIpc) is 3.51. The number of fused-ring (bicyclic) bond motifs is 1. The minimum atomic E-state index is -0.150. The van der Waals surface area contributed by atoms with Gasteiger partial charge in [0.15, 0.2) is 5.78 Å². The maximum Gasteiger partial charge on any atom is 0.256 e. The van der Waals surface area contributed by atoms with Gasteiger partial charge in [0.05, 0.1) is 11.3 Å². The zero-order chi connectivity index (χ0) is 23.8. The first kappa shape index (κ1) is 22.0. The van der Waals surface area contributed by atoms with E-state index in [9.17, 15) is 9.59 Å². The van der Waals surface area contributed by atoms with Crippen molar-refractivity contribution in [1.29, 1.82) is 0 Å². The molecule has 2 aromatic carbocycles. The van der Waals surface area contributed by atoms with Crippen molar-refractivity contribution in [3.63, 3.8) is 0 Å². The number of nitrogens with one attached hydrogen (secondary N) is 2. The third-order valence-electron chi connectivity index (χ3n) is 6.14. The molecule has 5 nitrogen and oxygen atoms in total. The predicted octanol–water partition coefficient (Wildman–Crippen LogP) is 6.90. The number of carbonyl (C=O) groups is 2. The van der Waals surface area contributed by atoms with E-state index in [1.54, 1.807) is 11.3 Å².